The van der Waals surface area contributed by atoms with Crippen LogP contribution in [0.15, 0.2) is 29.2 Å². The average molecular weight is 311 g/mol. The molecule has 0 spiro atoms. The Morgan fingerprint density at radius 1 is 1.38 bits per heavy atom. The van der Waals surface area contributed by atoms with E-state index in [4.69, 9.17) is 5.73 Å². The second-order valence-electron chi connectivity index (χ2n) is 4.38. The molecule has 0 aliphatic rings. The highest BCUT2D eigenvalue weighted by atomic mass is 32.2. The Bertz CT molecular complexity index is 812. The lowest BCUT2D eigenvalue weighted by molar-refractivity contribution is -0.384. The molecular weight excluding hydrogens is 298 g/mol. The molecule has 0 radical (unpaired) electrons. The van der Waals surface area contributed by atoms with Crippen LogP contribution in [-0.4, -0.2) is 23.1 Å². The van der Waals surface area contributed by atoms with E-state index in [1.54, 1.807) is 20.0 Å². The number of nitrogens with one attached hydrogen (secondary N) is 1. The summed E-state index contributed by atoms with van der Waals surface area (Å²) in [5, 5.41) is 14.6. The van der Waals surface area contributed by atoms with Crippen LogP contribution in [0.5, 0.6) is 0 Å². The third kappa shape index (κ3) is 2.94. The normalized spacial score (nSPS) is 11.3. The predicted molar refractivity (Wildman–Crippen MR) is 76.3 cm³/mol. The minimum absolute atomic E-state index is 0.199. The van der Waals surface area contributed by atoms with Crippen molar-refractivity contribution in [3.63, 3.8) is 0 Å². The third-order valence-electron chi connectivity index (χ3n) is 2.73. The summed E-state index contributed by atoms with van der Waals surface area (Å²) in [6, 6.07) is 4.74. The van der Waals surface area contributed by atoms with Crippen molar-refractivity contribution in [2.75, 3.05) is 10.5 Å². The number of nitro groups is 1. The van der Waals surface area contributed by atoms with Crippen molar-refractivity contribution in [2.24, 2.45) is 7.05 Å². The lowest BCUT2D eigenvalue weighted by Gasteiger charge is -2.09. The fourth-order valence-corrected chi connectivity index (χ4v) is 2.99. The lowest BCUT2D eigenvalue weighted by atomic mass is 10.3. The highest BCUT2D eigenvalue weighted by molar-refractivity contribution is 7.92. The van der Waals surface area contributed by atoms with Gasteiger partial charge in [-0.05, 0) is 13.0 Å². The summed E-state index contributed by atoms with van der Waals surface area (Å²) in [6.07, 6.45) is 0. The minimum atomic E-state index is -3.95. The highest BCUT2D eigenvalue weighted by Gasteiger charge is 2.21. The van der Waals surface area contributed by atoms with Gasteiger partial charge in [0.25, 0.3) is 15.7 Å². The van der Waals surface area contributed by atoms with E-state index in [9.17, 15) is 18.5 Å². The molecule has 10 heteroatoms. The maximum absolute atomic E-state index is 12.3. The van der Waals surface area contributed by atoms with E-state index in [2.05, 4.69) is 9.82 Å². The number of non-ortho nitro benzene ring substituents is 1. The average Bonchev–Trinajstić information content (AvgIpc) is 2.66. The van der Waals surface area contributed by atoms with Gasteiger partial charge in [0.15, 0.2) is 0 Å². The van der Waals surface area contributed by atoms with Crippen LogP contribution < -0.4 is 10.5 Å². The number of nitrogen functional groups attached to an aromatic ring is 1. The summed E-state index contributed by atoms with van der Waals surface area (Å²) in [6.45, 7) is 1.72. The van der Waals surface area contributed by atoms with Crippen molar-refractivity contribution in [1.82, 2.24) is 9.78 Å². The zero-order chi connectivity index (χ0) is 15.8. The topological polar surface area (TPSA) is 133 Å². The molecule has 0 fully saturated rings. The van der Waals surface area contributed by atoms with Crippen molar-refractivity contribution < 1.29 is 13.3 Å². The highest BCUT2D eigenvalue weighted by Crippen LogP contribution is 2.25. The first-order valence-electron chi connectivity index (χ1n) is 5.78. The number of nitrogens with two attached hydrogens (primary N) is 1. The monoisotopic (exact) mass is 311 g/mol. The quantitative estimate of drug-likeness (QED) is 0.492. The molecule has 0 saturated heterocycles. The first kappa shape index (κ1) is 14.8. The first-order valence-corrected chi connectivity index (χ1v) is 7.26. The number of aryl methyl sites for hydroxylation is 2. The molecule has 3 N–H and O–H groups in total. The maximum atomic E-state index is 12.3. The molecule has 2 rings (SSSR count). The van der Waals surface area contributed by atoms with Gasteiger partial charge in [-0.15, -0.1) is 0 Å². The molecule has 21 heavy (non-hydrogen) atoms. The Hall–Kier alpha value is -2.62. The van der Waals surface area contributed by atoms with Crippen LogP contribution in [-0.2, 0) is 17.1 Å². The zero-order valence-electron chi connectivity index (χ0n) is 11.3. The van der Waals surface area contributed by atoms with Crippen LogP contribution in [0.2, 0.25) is 0 Å². The number of hydrogen-bond acceptors (Lipinski definition) is 6. The number of sulfonamides is 1. The Balaban J connectivity index is 2.40. The van der Waals surface area contributed by atoms with Gasteiger partial charge in [0.05, 0.1) is 16.3 Å². The first-order chi connectivity index (χ1) is 9.70. The summed E-state index contributed by atoms with van der Waals surface area (Å²) >= 11 is 0. The van der Waals surface area contributed by atoms with E-state index in [0.29, 0.717) is 5.69 Å². The van der Waals surface area contributed by atoms with Gasteiger partial charge in [-0.3, -0.25) is 19.5 Å². The van der Waals surface area contributed by atoms with E-state index in [0.717, 1.165) is 18.2 Å². The van der Waals surface area contributed by atoms with Gasteiger partial charge in [-0.1, -0.05) is 0 Å². The molecule has 0 aliphatic carbocycles. The molecule has 0 atom stereocenters. The number of benzene rings is 1. The largest absolute Gasteiger partial charge is 0.397 e. The van der Waals surface area contributed by atoms with Gasteiger partial charge in [0, 0.05) is 25.2 Å². The molecule has 1 aromatic heterocycles. The van der Waals surface area contributed by atoms with Gasteiger partial charge < -0.3 is 5.73 Å². The number of rotatable bonds is 4. The van der Waals surface area contributed by atoms with Crippen LogP contribution in [0.25, 0.3) is 0 Å². The molecule has 0 aliphatic heterocycles. The molecule has 1 heterocycles. The zero-order valence-corrected chi connectivity index (χ0v) is 12.1. The van der Waals surface area contributed by atoms with Gasteiger partial charge in [0.1, 0.15) is 10.7 Å². The molecular formula is C11H13N5O4S. The van der Waals surface area contributed by atoms with Crippen molar-refractivity contribution in [2.45, 2.75) is 11.8 Å². The van der Waals surface area contributed by atoms with Crippen LogP contribution in [0.1, 0.15) is 5.69 Å². The molecule has 0 unspecified atom stereocenters. The number of nitro benzene ring substituents is 1. The van der Waals surface area contributed by atoms with Crippen molar-refractivity contribution >= 4 is 27.2 Å². The Morgan fingerprint density at radius 2 is 2.05 bits per heavy atom. The summed E-state index contributed by atoms with van der Waals surface area (Å²) in [4.78, 5) is 9.75. The maximum Gasteiger partial charge on any atom is 0.271 e. The van der Waals surface area contributed by atoms with Gasteiger partial charge in [-0.25, -0.2) is 8.42 Å². The fraction of sp³-hybridized carbons (Fsp3) is 0.182. The van der Waals surface area contributed by atoms with Crippen LogP contribution in [0.3, 0.4) is 0 Å². The van der Waals surface area contributed by atoms with Crippen molar-refractivity contribution in [3.05, 3.63) is 40.1 Å². The van der Waals surface area contributed by atoms with E-state index in [1.807, 2.05) is 0 Å². The Kier molecular flexibility index (Phi) is 3.56. The molecule has 0 bridgehead atoms. The number of aromatic nitrogens is 2. The summed E-state index contributed by atoms with van der Waals surface area (Å²) < 4.78 is 28.2. The van der Waals surface area contributed by atoms with Gasteiger partial charge in [-0.2, -0.15) is 5.10 Å². The van der Waals surface area contributed by atoms with E-state index < -0.39 is 14.9 Å². The van der Waals surface area contributed by atoms with E-state index in [-0.39, 0.29) is 22.1 Å². The molecule has 112 valence electrons. The number of hydrogen-bond donors (Lipinski definition) is 2. The molecule has 0 saturated carbocycles. The predicted octanol–water partition coefficient (Wildman–Crippen LogP) is 1.02. The van der Waals surface area contributed by atoms with Crippen molar-refractivity contribution in [1.29, 1.82) is 0 Å². The smallest absolute Gasteiger partial charge is 0.271 e. The Morgan fingerprint density at radius 3 is 2.52 bits per heavy atom. The molecule has 2 aromatic rings. The van der Waals surface area contributed by atoms with E-state index in [1.165, 1.54) is 4.68 Å². The summed E-state index contributed by atoms with van der Waals surface area (Å²) in [5.74, 6) is 0.269. The second kappa shape index (κ2) is 5.05. The molecule has 1 aromatic carbocycles. The van der Waals surface area contributed by atoms with Crippen molar-refractivity contribution in [3.8, 4) is 0 Å². The standard InChI is InChI=1S/C11H13N5O4S/c1-7-5-11(15(2)13-7)14-21(19,20)10-4-3-8(16(17)18)6-9(10)12/h3-6,14H,12H2,1-2H3. The Labute approximate surface area is 120 Å². The minimum Gasteiger partial charge on any atom is -0.397 e. The molecule has 9 nitrogen and oxygen atoms in total. The van der Waals surface area contributed by atoms with Gasteiger partial charge >= 0.3 is 0 Å². The summed E-state index contributed by atoms with van der Waals surface area (Å²) in [5.41, 5.74) is 5.77. The fourth-order valence-electron chi connectivity index (χ4n) is 1.79. The van der Waals surface area contributed by atoms with Crippen LogP contribution in [0, 0.1) is 17.0 Å². The number of anilines is 2. The van der Waals surface area contributed by atoms with E-state index >= 15 is 0 Å². The molecule has 0 amide bonds. The van der Waals surface area contributed by atoms with Gasteiger partial charge in [0.2, 0.25) is 0 Å². The van der Waals surface area contributed by atoms with Crippen LogP contribution in [0.4, 0.5) is 17.2 Å². The second-order valence-corrected chi connectivity index (χ2v) is 6.03. The third-order valence-corrected chi connectivity index (χ3v) is 4.16. The summed E-state index contributed by atoms with van der Waals surface area (Å²) in [7, 11) is -2.37. The lowest BCUT2D eigenvalue weighted by Crippen LogP contribution is -2.17. The number of nitrogens with zero attached hydrogens (tertiary/aromatic N) is 3. The SMILES string of the molecule is Cc1cc(NS(=O)(=O)c2ccc([N+](=O)[O-])cc2N)n(C)n1. The van der Waals surface area contributed by atoms with Crippen LogP contribution >= 0.6 is 0 Å².